The Morgan fingerprint density at radius 3 is 0.733 bits per heavy atom. The maximum Gasteiger partial charge on any atom is -0.00141 e. The molecular weight excluding hydrogens is 360 g/mol. The van der Waals surface area contributed by atoms with E-state index in [1.807, 2.05) is 0 Å². The van der Waals surface area contributed by atoms with Crippen molar-refractivity contribution >= 4 is 43.1 Å². The first-order valence-electron chi connectivity index (χ1n) is 10.6. The van der Waals surface area contributed by atoms with Crippen LogP contribution in [0.25, 0.3) is 54.2 Å². The van der Waals surface area contributed by atoms with Crippen molar-refractivity contribution in [2.24, 2.45) is 0 Å². The van der Waals surface area contributed by atoms with Gasteiger partial charge in [0.25, 0.3) is 0 Å². The number of rotatable bonds is 1. The van der Waals surface area contributed by atoms with Crippen LogP contribution in [-0.2, 0) is 0 Å². The molecule has 0 heteroatoms. The first-order valence-corrected chi connectivity index (χ1v) is 10.6. The molecule has 0 fully saturated rings. The molecule has 0 saturated heterocycles. The van der Waals surface area contributed by atoms with Crippen molar-refractivity contribution in [1.82, 2.24) is 0 Å². The van der Waals surface area contributed by atoms with Crippen molar-refractivity contribution in [2.45, 2.75) is 13.8 Å². The number of hydrogen-bond acceptors (Lipinski definition) is 0. The van der Waals surface area contributed by atoms with Crippen LogP contribution < -0.4 is 0 Å². The first kappa shape index (κ1) is 17.2. The lowest BCUT2D eigenvalue weighted by molar-refractivity contribution is 1.57. The van der Waals surface area contributed by atoms with E-state index in [0.717, 1.165) is 0 Å². The van der Waals surface area contributed by atoms with Gasteiger partial charge in [-0.25, -0.2) is 0 Å². The third-order valence-electron chi connectivity index (χ3n) is 6.65. The summed E-state index contributed by atoms with van der Waals surface area (Å²) in [4.78, 5) is 0. The van der Waals surface area contributed by atoms with Crippen LogP contribution >= 0.6 is 0 Å². The van der Waals surface area contributed by atoms with E-state index >= 15 is 0 Å². The van der Waals surface area contributed by atoms with Crippen molar-refractivity contribution in [3.8, 4) is 11.1 Å². The van der Waals surface area contributed by atoms with Gasteiger partial charge in [0.2, 0.25) is 0 Å². The Hall–Kier alpha value is -3.64. The number of benzene rings is 6. The Morgan fingerprint density at radius 1 is 0.300 bits per heavy atom. The van der Waals surface area contributed by atoms with Gasteiger partial charge in [-0.2, -0.15) is 0 Å². The minimum Gasteiger partial charge on any atom is -0.0616 e. The zero-order valence-corrected chi connectivity index (χ0v) is 17.2. The zero-order chi connectivity index (χ0) is 20.2. The maximum absolute atomic E-state index is 2.29. The topological polar surface area (TPSA) is 0 Å². The zero-order valence-electron chi connectivity index (χ0n) is 17.2. The van der Waals surface area contributed by atoms with Crippen molar-refractivity contribution in [3.05, 3.63) is 108 Å². The summed E-state index contributed by atoms with van der Waals surface area (Å²) in [6.07, 6.45) is 0. The Balaban J connectivity index is 1.97. The highest BCUT2D eigenvalue weighted by atomic mass is 14.2. The summed E-state index contributed by atoms with van der Waals surface area (Å²) in [5.74, 6) is 0. The van der Waals surface area contributed by atoms with Crippen molar-refractivity contribution in [2.75, 3.05) is 0 Å². The number of hydrogen-bond donors (Lipinski definition) is 0. The highest BCUT2D eigenvalue weighted by Gasteiger charge is 2.18. The molecule has 0 spiro atoms. The third kappa shape index (κ3) is 2.28. The van der Waals surface area contributed by atoms with Gasteiger partial charge in [0.1, 0.15) is 0 Å². The van der Waals surface area contributed by atoms with E-state index in [-0.39, 0.29) is 0 Å². The number of fused-ring (bicyclic) bond motifs is 4. The Kier molecular flexibility index (Phi) is 3.70. The van der Waals surface area contributed by atoms with E-state index in [2.05, 4.69) is 111 Å². The van der Waals surface area contributed by atoms with E-state index in [0.29, 0.717) is 0 Å². The molecule has 0 atom stereocenters. The molecule has 0 heterocycles. The molecule has 6 aromatic rings. The van der Waals surface area contributed by atoms with Gasteiger partial charge < -0.3 is 0 Å². The lowest BCUT2D eigenvalue weighted by Gasteiger charge is -2.20. The van der Waals surface area contributed by atoms with Crippen molar-refractivity contribution in [1.29, 1.82) is 0 Å². The van der Waals surface area contributed by atoms with Gasteiger partial charge in [0.15, 0.2) is 0 Å². The van der Waals surface area contributed by atoms with Crippen LogP contribution in [0.2, 0.25) is 0 Å². The standard InChI is InChI=1S/C30H22/c1-19-21-11-3-7-15-25(21)29(26-16-8-4-12-22(19)26)30-27-17-9-5-13-23(27)20(2)24-14-6-10-18-28(24)30/h3-18H,1-2H3. The molecule has 0 nitrogen and oxygen atoms in total. The second-order valence-electron chi connectivity index (χ2n) is 8.18. The molecule has 0 bridgehead atoms. The molecule has 0 saturated carbocycles. The van der Waals surface area contributed by atoms with Gasteiger partial charge in [-0.3, -0.25) is 0 Å². The van der Waals surface area contributed by atoms with Crippen molar-refractivity contribution < 1.29 is 0 Å². The summed E-state index contributed by atoms with van der Waals surface area (Å²) < 4.78 is 0. The minimum atomic E-state index is 1.33. The fourth-order valence-electron chi connectivity index (χ4n) is 5.23. The SMILES string of the molecule is Cc1c2ccccc2c(-c2c3ccccc3c(C)c3ccccc23)c2ccccc12. The summed E-state index contributed by atoms with van der Waals surface area (Å²) in [5.41, 5.74) is 5.40. The molecule has 0 amide bonds. The molecule has 0 aliphatic rings. The van der Waals surface area contributed by atoms with Crippen LogP contribution in [0, 0.1) is 13.8 Å². The van der Waals surface area contributed by atoms with E-state index < -0.39 is 0 Å². The van der Waals surface area contributed by atoms with Crippen LogP contribution in [0.1, 0.15) is 11.1 Å². The van der Waals surface area contributed by atoms with E-state index in [1.165, 1.54) is 65.3 Å². The number of aryl methyl sites for hydroxylation is 2. The second kappa shape index (κ2) is 6.43. The normalized spacial score (nSPS) is 11.7. The molecule has 0 aromatic heterocycles. The van der Waals surface area contributed by atoms with Gasteiger partial charge in [0.05, 0.1) is 0 Å². The molecule has 0 N–H and O–H groups in total. The van der Waals surface area contributed by atoms with Crippen LogP contribution in [0.5, 0.6) is 0 Å². The lowest BCUT2D eigenvalue weighted by Crippen LogP contribution is -1.93. The molecule has 142 valence electrons. The molecule has 0 aliphatic heterocycles. The van der Waals surface area contributed by atoms with E-state index in [1.54, 1.807) is 0 Å². The predicted octanol–water partition coefficient (Wildman–Crippen LogP) is 8.58. The third-order valence-corrected chi connectivity index (χ3v) is 6.65. The highest BCUT2D eigenvalue weighted by Crippen LogP contribution is 2.45. The molecule has 0 radical (unpaired) electrons. The minimum absolute atomic E-state index is 1.33. The molecule has 0 aliphatic carbocycles. The summed E-state index contributed by atoms with van der Waals surface area (Å²) >= 11 is 0. The molecule has 6 aromatic carbocycles. The van der Waals surface area contributed by atoms with Crippen LogP contribution in [-0.4, -0.2) is 0 Å². The fraction of sp³-hybridized carbons (Fsp3) is 0.0667. The van der Waals surface area contributed by atoms with E-state index in [4.69, 9.17) is 0 Å². The molecule has 0 unspecified atom stereocenters. The van der Waals surface area contributed by atoms with Gasteiger partial charge in [-0.05, 0) is 79.2 Å². The monoisotopic (exact) mass is 382 g/mol. The highest BCUT2D eigenvalue weighted by molar-refractivity contribution is 6.24. The summed E-state index contributed by atoms with van der Waals surface area (Å²) in [5, 5.41) is 10.6. The van der Waals surface area contributed by atoms with Crippen LogP contribution in [0.15, 0.2) is 97.1 Å². The maximum atomic E-state index is 2.29. The quantitative estimate of drug-likeness (QED) is 0.250. The second-order valence-corrected chi connectivity index (χ2v) is 8.18. The smallest absolute Gasteiger partial charge is 0.00141 e. The molecule has 6 rings (SSSR count). The van der Waals surface area contributed by atoms with Gasteiger partial charge >= 0.3 is 0 Å². The van der Waals surface area contributed by atoms with Crippen LogP contribution in [0.3, 0.4) is 0 Å². The van der Waals surface area contributed by atoms with Crippen molar-refractivity contribution in [3.63, 3.8) is 0 Å². The average molecular weight is 383 g/mol. The van der Waals surface area contributed by atoms with E-state index in [9.17, 15) is 0 Å². The summed E-state index contributed by atoms with van der Waals surface area (Å²) in [6, 6.07) is 35.5. The predicted molar refractivity (Wildman–Crippen MR) is 131 cm³/mol. The average Bonchev–Trinajstić information content (AvgIpc) is 2.81. The summed E-state index contributed by atoms with van der Waals surface area (Å²) in [6.45, 7) is 4.50. The van der Waals surface area contributed by atoms with Gasteiger partial charge in [-0.1, -0.05) is 97.1 Å². The first-order chi connectivity index (χ1) is 14.8. The van der Waals surface area contributed by atoms with Gasteiger partial charge in [0, 0.05) is 0 Å². The largest absolute Gasteiger partial charge is 0.0616 e. The fourth-order valence-corrected chi connectivity index (χ4v) is 5.23. The summed E-state index contributed by atoms with van der Waals surface area (Å²) in [7, 11) is 0. The molecular formula is C30H22. The van der Waals surface area contributed by atoms with Gasteiger partial charge in [-0.15, -0.1) is 0 Å². The lowest BCUT2D eigenvalue weighted by atomic mass is 9.83. The van der Waals surface area contributed by atoms with Crippen LogP contribution in [0.4, 0.5) is 0 Å². The molecule has 30 heavy (non-hydrogen) atoms. The Bertz CT molecular complexity index is 1360. The Morgan fingerprint density at radius 2 is 0.500 bits per heavy atom. The Labute approximate surface area is 176 Å².